The van der Waals surface area contributed by atoms with Crippen LogP contribution in [0.3, 0.4) is 0 Å². The number of benzene rings is 2. The fourth-order valence-electron chi connectivity index (χ4n) is 3.20. The number of nitrogens with one attached hydrogen (secondary N) is 1. The third-order valence-corrected chi connectivity index (χ3v) is 5.03. The molecule has 0 amide bonds. The molecule has 3 rings (SSSR count). The zero-order chi connectivity index (χ0) is 19.4. The summed E-state index contributed by atoms with van der Waals surface area (Å²) in [4.78, 5) is 6.28. The van der Waals surface area contributed by atoms with E-state index >= 15 is 0 Å². The topological polar surface area (TPSA) is 73.9 Å². The number of aliphatic hydroxyl groups excluding tert-OH is 1. The maximum atomic E-state index is 14.5. The van der Waals surface area contributed by atoms with Crippen molar-refractivity contribution in [3.8, 4) is 0 Å². The van der Waals surface area contributed by atoms with Crippen molar-refractivity contribution in [1.82, 2.24) is 0 Å². The number of nitrogens with zero attached hydrogens (tertiary/aromatic N) is 2. The van der Waals surface area contributed by atoms with Crippen molar-refractivity contribution >= 4 is 41.3 Å². The second-order valence-electron chi connectivity index (χ2n) is 7.13. The van der Waals surface area contributed by atoms with Crippen molar-refractivity contribution in [2.75, 3.05) is 23.3 Å². The molecule has 1 heterocycles. The standard InChI is InChI=1S/C21H27FN4O.HI/c1-14-3-5-17(11-15(14)2)25-21(23)24-13-16-4-6-20(19(22)12-16)26-9-7-18(27)8-10-26;/h3-6,11-12,18,27H,7-10,13H2,1-2H3,(H3,23,24,25);1H. The number of aliphatic hydroxyl groups is 1. The number of nitrogens with two attached hydrogens (primary N) is 1. The molecule has 1 aliphatic rings. The van der Waals surface area contributed by atoms with Gasteiger partial charge in [-0.3, -0.25) is 0 Å². The van der Waals surface area contributed by atoms with Gasteiger partial charge in [0.15, 0.2) is 5.96 Å². The number of halogens is 2. The van der Waals surface area contributed by atoms with Gasteiger partial charge in [0.05, 0.1) is 18.3 Å². The van der Waals surface area contributed by atoms with E-state index in [1.807, 2.05) is 36.1 Å². The van der Waals surface area contributed by atoms with E-state index in [2.05, 4.69) is 17.2 Å². The molecule has 0 radical (unpaired) electrons. The summed E-state index contributed by atoms with van der Waals surface area (Å²) < 4.78 is 14.5. The zero-order valence-electron chi connectivity index (χ0n) is 16.3. The van der Waals surface area contributed by atoms with E-state index in [1.165, 1.54) is 17.2 Å². The minimum absolute atomic E-state index is 0. The molecule has 0 spiro atoms. The van der Waals surface area contributed by atoms with Gasteiger partial charge >= 0.3 is 0 Å². The highest BCUT2D eigenvalue weighted by molar-refractivity contribution is 14.0. The highest BCUT2D eigenvalue weighted by atomic mass is 127. The van der Waals surface area contributed by atoms with Gasteiger partial charge in [0.1, 0.15) is 5.82 Å². The van der Waals surface area contributed by atoms with Gasteiger partial charge < -0.3 is 21.1 Å². The molecule has 5 nitrogen and oxygen atoms in total. The van der Waals surface area contributed by atoms with Crippen LogP contribution in [-0.2, 0) is 6.54 Å². The minimum atomic E-state index is -0.272. The van der Waals surface area contributed by atoms with E-state index < -0.39 is 0 Å². The number of rotatable bonds is 4. The summed E-state index contributed by atoms with van der Waals surface area (Å²) in [7, 11) is 0. The van der Waals surface area contributed by atoms with Crippen molar-refractivity contribution in [2.24, 2.45) is 10.7 Å². The van der Waals surface area contributed by atoms with Crippen LogP contribution in [0.15, 0.2) is 41.4 Å². The Morgan fingerprint density at radius 3 is 2.54 bits per heavy atom. The fraction of sp³-hybridized carbons (Fsp3) is 0.381. The van der Waals surface area contributed by atoms with E-state index in [4.69, 9.17) is 5.73 Å². The Balaban J connectivity index is 0.00000280. The van der Waals surface area contributed by atoms with Crippen LogP contribution in [-0.4, -0.2) is 30.3 Å². The monoisotopic (exact) mass is 498 g/mol. The first-order valence-corrected chi connectivity index (χ1v) is 9.28. The van der Waals surface area contributed by atoms with E-state index in [9.17, 15) is 9.50 Å². The number of hydrogen-bond acceptors (Lipinski definition) is 3. The van der Waals surface area contributed by atoms with Crippen molar-refractivity contribution in [3.05, 3.63) is 58.9 Å². The summed E-state index contributed by atoms with van der Waals surface area (Å²) in [5.74, 6) is 0.0348. The van der Waals surface area contributed by atoms with E-state index in [0.717, 1.165) is 11.3 Å². The second-order valence-corrected chi connectivity index (χ2v) is 7.13. The summed E-state index contributed by atoms with van der Waals surface area (Å²) in [6, 6.07) is 11.2. The Hall–Kier alpha value is -1.87. The maximum absolute atomic E-state index is 14.5. The largest absolute Gasteiger partial charge is 0.393 e. The molecule has 7 heteroatoms. The summed E-state index contributed by atoms with van der Waals surface area (Å²) in [6.07, 6.45) is 1.07. The lowest BCUT2D eigenvalue weighted by molar-refractivity contribution is 0.145. The second kappa shape index (κ2) is 10.1. The number of aryl methyl sites for hydroxylation is 2. The van der Waals surface area contributed by atoms with Crippen LogP contribution in [0.5, 0.6) is 0 Å². The van der Waals surface area contributed by atoms with Crippen molar-refractivity contribution in [3.63, 3.8) is 0 Å². The quantitative estimate of drug-likeness (QED) is 0.339. The van der Waals surface area contributed by atoms with E-state index in [0.29, 0.717) is 44.1 Å². The number of guanidine groups is 1. The Bertz CT molecular complexity index is 835. The van der Waals surface area contributed by atoms with Crippen LogP contribution in [0.4, 0.5) is 15.8 Å². The molecule has 2 aromatic carbocycles. The van der Waals surface area contributed by atoms with Gasteiger partial charge in [-0.2, -0.15) is 0 Å². The third-order valence-electron chi connectivity index (χ3n) is 5.03. The van der Waals surface area contributed by atoms with Gasteiger partial charge in [-0.1, -0.05) is 12.1 Å². The SMILES string of the molecule is Cc1ccc(NC(N)=NCc2ccc(N3CCC(O)CC3)c(F)c2)cc1C.I. The summed E-state index contributed by atoms with van der Waals surface area (Å²) >= 11 is 0. The minimum Gasteiger partial charge on any atom is -0.393 e. The van der Waals surface area contributed by atoms with Crippen molar-refractivity contribution < 1.29 is 9.50 Å². The Morgan fingerprint density at radius 2 is 1.89 bits per heavy atom. The molecule has 2 aromatic rings. The average molecular weight is 498 g/mol. The zero-order valence-corrected chi connectivity index (χ0v) is 18.6. The fourth-order valence-corrected chi connectivity index (χ4v) is 3.20. The number of anilines is 2. The predicted octanol–water partition coefficient (Wildman–Crippen LogP) is 3.95. The Morgan fingerprint density at radius 1 is 1.18 bits per heavy atom. The molecule has 0 saturated carbocycles. The van der Waals surface area contributed by atoms with Gasteiger partial charge in [0, 0.05) is 18.8 Å². The Labute approximate surface area is 182 Å². The molecular formula is C21H28FIN4O. The number of piperidine rings is 1. The van der Waals surface area contributed by atoms with Crippen LogP contribution in [0, 0.1) is 19.7 Å². The van der Waals surface area contributed by atoms with Gasteiger partial charge in [-0.25, -0.2) is 9.38 Å². The molecule has 28 heavy (non-hydrogen) atoms. The Kier molecular flexibility index (Phi) is 8.06. The van der Waals surface area contributed by atoms with Crippen LogP contribution in [0.25, 0.3) is 0 Å². The summed E-state index contributed by atoms with van der Waals surface area (Å²) in [6.45, 7) is 5.74. The lowest BCUT2D eigenvalue weighted by atomic mass is 10.1. The third kappa shape index (κ3) is 5.81. The van der Waals surface area contributed by atoms with Gasteiger partial charge in [-0.05, 0) is 67.6 Å². The highest BCUT2D eigenvalue weighted by Crippen LogP contribution is 2.24. The normalized spacial score (nSPS) is 15.3. The van der Waals surface area contributed by atoms with E-state index in [1.54, 1.807) is 6.07 Å². The van der Waals surface area contributed by atoms with Crippen LogP contribution in [0.1, 0.15) is 29.5 Å². The summed E-state index contributed by atoms with van der Waals surface area (Å²) in [5.41, 5.74) is 10.6. The first kappa shape index (κ1) is 22.4. The van der Waals surface area contributed by atoms with Crippen LogP contribution < -0.4 is 16.0 Å². The smallest absolute Gasteiger partial charge is 0.193 e. The average Bonchev–Trinajstić information content (AvgIpc) is 2.64. The highest BCUT2D eigenvalue weighted by Gasteiger charge is 2.19. The molecule has 1 saturated heterocycles. The molecule has 0 aromatic heterocycles. The molecule has 0 aliphatic carbocycles. The molecule has 152 valence electrons. The predicted molar refractivity (Wildman–Crippen MR) is 124 cm³/mol. The molecule has 0 atom stereocenters. The van der Waals surface area contributed by atoms with Gasteiger partial charge in [-0.15, -0.1) is 24.0 Å². The molecule has 0 unspecified atom stereocenters. The van der Waals surface area contributed by atoms with Crippen molar-refractivity contribution in [2.45, 2.75) is 39.3 Å². The van der Waals surface area contributed by atoms with Crippen LogP contribution >= 0.6 is 24.0 Å². The van der Waals surface area contributed by atoms with Gasteiger partial charge in [0.2, 0.25) is 0 Å². The van der Waals surface area contributed by atoms with Crippen LogP contribution in [0.2, 0.25) is 0 Å². The summed E-state index contributed by atoms with van der Waals surface area (Å²) in [5, 5.41) is 12.7. The lowest BCUT2D eigenvalue weighted by Crippen LogP contribution is -2.36. The maximum Gasteiger partial charge on any atom is 0.193 e. The molecule has 1 aliphatic heterocycles. The lowest BCUT2D eigenvalue weighted by Gasteiger charge is -2.31. The van der Waals surface area contributed by atoms with Gasteiger partial charge in [0.25, 0.3) is 0 Å². The first-order valence-electron chi connectivity index (χ1n) is 9.28. The number of hydrogen-bond donors (Lipinski definition) is 3. The molecule has 1 fully saturated rings. The number of aliphatic imine (C=N–C) groups is 1. The van der Waals surface area contributed by atoms with E-state index in [-0.39, 0.29) is 35.9 Å². The van der Waals surface area contributed by atoms with Crippen molar-refractivity contribution in [1.29, 1.82) is 0 Å². The molecule has 4 N–H and O–H groups in total. The first-order chi connectivity index (χ1) is 12.9. The molecular weight excluding hydrogens is 470 g/mol. The molecule has 0 bridgehead atoms.